The van der Waals surface area contributed by atoms with Gasteiger partial charge >= 0.3 is 0 Å². The topological polar surface area (TPSA) is 57.0 Å². The Morgan fingerprint density at radius 2 is 2.00 bits per heavy atom. The maximum absolute atomic E-state index is 12.4. The molecule has 0 saturated heterocycles. The van der Waals surface area contributed by atoms with Gasteiger partial charge in [0, 0.05) is 10.9 Å². The average molecular weight is 355 g/mol. The van der Waals surface area contributed by atoms with Crippen molar-refractivity contribution in [2.24, 2.45) is 0 Å². The van der Waals surface area contributed by atoms with Gasteiger partial charge in [0.25, 0.3) is 5.56 Å². The molecule has 0 spiro atoms. The van der Waals surface area contributed by atoms with Crippen LogP contribution in [0.5, 0.6) is 5.75 Å². The zero-order valence-corrected chi connectivity index (χ0v) is 14.4. The first-order valence-electron chi connectivity index (χ1n) is 7.26. The molecule has 5 nitrogen and oxygen atoms in total. The first kappa shape index (κ1) is 15.0. The first-order chi connectivity index (χ1) is 11.7. The third kappa shape index (κ3) is 2.72. The molecule has 24 heavy (non-hydrogen) atoms. The standard InChI is InChI=1S/C17H13N3O2S2/c1-22-13-4-2-11(3-5-13)15-19-12(9-24-15)8-20-10-18-16-14(17(20)21)6-7-23-16/h2-7,9-10H,8H2,1H3. The van der Waals surface area contributed by atoms with Crippen molar-refractivity contribution < 1.29 is 4.74 Å². The van der Waals surface area contributed by atoms with Crippen LogP contribution in [0.15, 0.2) is 52.2 Å². The van der Waals surface area contributed by atoms with Crippen molar-refractivity contribution in [2.75, 3.05) is 7.11 Å². The normalized spacial score (nSPS) is 11.0. The summed E-state index contributed by atoms with van der Waals surface area (Å²) in [6.45, 7) is 0.421. The Labute approximate surface area is 145 Å². The van der Waals surface area contributed by atoms with Crippen LogP contribution in [0, 0.1) is 0 Å². The Morgan fingerprint density at radius 3 is 2.79 bits per heavy atom. The number of thiazole rings is 1. The number of aromatic nitrogens is 3. The largest absolute Gasteiger partial charge is 0.497 e. The van der Waals surface area contributed by atoms with Crippen LogP contribution in [0.4, 0.5) is 0 Å². The number of thiophene rings is 1. The van der Waals surface area contributed by atoms with E-state index >= 15 is 0 Å². The third-order valence-electron chi connectivity index (χ3n) is 3.67. The molecule has 3 aromatic heterocycles. The lowest BCUT2D eigenvalue weighted by atomic mass is 10.2. The quantitative estimate of drug-likeness (QED) is 0.561. The van der Waals surface area contributed by atoms with Crippen molar-refractivity contribution in [3.63, 3.8) is 0 Å². The van der Waals surface area contributed by atoms with Gasteiger partial charge in [0.05, 0.1) is 31.1 Å². The summed E-state index contributed by atoms with van der Waals surface area (Å²) < 4.78 is 6.77. The molecule has 3 heterocycles. The Morgan fingerprint density at radius 1 is 1.17 bits per heavy atom. The molecule has 120 valence electrons. The van der Waals surface area contributed by atoms with E-state index in [2.05, 4.69) is 9.97 Å². The fourth-order valence-electron chi connectivity index (χ4n) is 2.43. The predicted octanol–water partition coefficient (Wildman–Crippen LogP) is 3.64. The van der Waals surface area contributed by atoms with Crippen LogP contribution >= 0.6 is 22.7 Å². The Kier molecular flexibility index (Phi) is 3.87. The van der Waals surface area contributed by atoms with E-state index in [1.807, 2.05) is 41.1 Å². The molecule has 0 N–H and O–H groups in total. The van der Waals surface area contributed by atoms with Gasteiger partial charge in [-0.25, -0.2) is 9.97 Å². The average Bonchev–Trinajstić information content (AvgIpc) is 3.27. The summed E-state index contributed by atoms with van der Waals surface area (Å²) in [5.41, 5.74) is 1.86. The molecular weight excluding hydrogens is 342 g/mol. The maximum atomic E-state index is 12.4. The van der Waals surface area contributed by atoms with Gasteiger partial charge < -0.3 is 4.74 Å². The molecular formula is C17H13N3O2S2. The molecule has 1 aromatic carbocycles. The highest BCUT2D eigenvalue weighted by Gasteiger charge is 2.09. The van der Waals surface area contributed by atoms with Crippen molar-refractivity contribution >= 4 is 32.9 Å². The maximum Gasteiger partial charge on any atom is 0.262 e. The van der Waals surface area contributed by atoms with Crippen LogP contribution in [0.1, 0.15) is 5.69 Å². The van der Waals surface area contributed by atoms with Gasteiger partial charge in [-0.15, -0.1) is 22.7 Å². The third-order valence-corrected chi connectivity index (χ3v) is 5.43. The van der Waals surface area contributed by atoms with Crippen molar-refractivity contribution in [1.29, 1.82) is 0 Å². The minimum Gasteiger partial charge on any atom is -0.497 e. The van der Waals surface area contributed by atoms with E-state index in [-0.39, 0.29) is 5.56 Å². The molecule has 0 bridgehead atoms. The van der Waals surface area contributed by atoms with E-state index in [1.54, 1.807) is 29.3 Å². The van der Waals surface area contributed by atoms with Crippen LogP contribution in [0.25, 0.3) is 20.8 Å². The fraction of sp³-hybridized carbons (Fsp3) is 0.118. The van der Waals surface area contributed by atoms with E-state index in [9.17, 15) is 4.79 Å². The van der Waals surface area contributed by atoms with Crippen LogP contribution in [-0.2, 0) is 6.54 Å². The summed E-state index contributed by atoms with van der Waals surface area (Å²) in [6, 6.07) is 9.60. The van der Waals surface area contributed by atoms with Crippen molar-refractivity contribution in [2.45, 2.75) is 6.54 Å². The lowest BCUT2D eigenvalue weighted by Gasteiger charge is -2.02. The van der Waals surface area contributed by atoms with Crippen LogP contribution in [0.2, 0.25) is 0 Å². The summed E-state index contributed by atoms with van der Waals surface area (Å²) in [5.74, 6) is 0.817. The first-order valence-corrected chi connectivity index (χ1v) is 9.02. The zero-order chi connectivity index (χ0) is 16.5. The van der Waals surface area contributed by atoms with Crippen molar-refractivity contribution in [1.82, 2.24) is 14.5 Å². The van der Waals surface area contributed by atoms with Gasteiger partial charge in [-0.2, -0.15) is 0 Å². The predicted molar refractivity (Wildman–Crippen MR) is 97.1 cm³/mol. The van der Waals surface area contributed by atoms with Crippen molar-refractivity contribution in [3.05, 3.63) is 63.5 Å². The molecule has 0 saturated carbocycles. The van der Waals surface area contributed by atoms with Crippen LogP contribution in [-0.4, -0.2) is 21.6 Å². The molecule has 0 unspecified atom stereocenters. The monoisotopic (exact) mass is 355 g/mol. The number of hydrogen-bond donors (Lipinski definition) is 0. The van der Waals surface area contributed by atoms with Gasteiger partial charge in [0.1, 0.15) is 15.6 Å². The SMILES string of the molecule is COc1ccc(-c2nc(Cn3cnc4sccc4c3=O)cs2)cc1. The second-order valence-electron chi connectivity index (χ2n) is 5.19. The van der Waals surface area contributed by atoms with E-state index in [1.165, 1.54) is 11.3 Å². The van der Waals surface area contributed by atoms with Gasteiger partial charge in [-0.3, -0.25) is 9.36 Å². The highest BCUT2D eigenvalue weighted by Crippen LogP contribution is 2.26. The second kappa shape index (κ2) is 6.18. The molecule has 0 amide bonds. The minimum absolute atomic E-state index is 0.0275. The summed E-state index contributed by atoms with van der Waals surface area (Å²) in [4.78, 5) is 22.2. The summed E-state index contributed by atoms with van der Waals surface area (Å²) in [6.07, 6.45) is 1.59. The molecule has 4 rings (SSSR count). The Bertz CT molecular complexity index is 1050. The number of hydrogen-bond acceptors (Lipinski definition) is 6. The number of ether oxygens (including phenoxy) is 1. The number of methoxy groups -OCH3 is 1. The summed E-state index contributed by atoms with van der Waals surface area (Å²) >= 11 is 3.03. The smallest absolute Gasteiger partial charge is 0.262 e. The summed E-state index contributed by atoms with van der Waals surface area (Å²) in [5, 5.41) is 5.44. The number of benzene rings is 1. The number of nitrogens with zero attached hydrogens (tertiary/aromatic N) is 3. The lowest BCUT2D eigenvalue weighted by Crippen LogP contribution is -2.20. The van der Waals surface area contributed by atoms with E-state index < -0.39 is 0 Å². The van der Waals surface area contributed by atoms with Gasteiger partial charge in [-0.05, 0) is 35.7 Å². The molecule has 0 aliphatic heterocycles. The van der Waals surface area contributed by atoms with Crippen LogP contribution < -0.4 is 10.3 Å². The molecule has 0 radical (unpaired) electrons. The van der Waals surface area contributed by atoms with Crippen molar-refractivity contribution in [3.8, 4) is 16.3 Å². The highest BCUT2D eigenvalue weighted by molar-refractivity contribution is 7.16. The molecule has 7 heteroatoms. The fourth-order valence-corrected chi connectivity index (χ4v) is 3.97. The van der Waals surface area contributed by atoms with E-state index in [0.717, 1.165) is 26.8 Å². The molecule has 0 fully saturated rings. The molecule has 0 aliphatic carbocycles. The van der Waals surface area contributed by atoms with Gasteiger partial charge in [-0.1, -0.05) is 0 Å². The number of rotatable bonds is 4. The van der Waals surface area contributed by atoms with E-state index in [0.29, 0.717) is 11.9 Å². The minimum atomic E-state index is -0.0275. The molecule has 0 aliphatic rings. The van der Waals surface area contributed by atoms with Crippen LogP contribution in [0.3, 0.4) is 0 Å². The Balaban J connectivity index is 1.62. The van der Waals surface area contributed by atoms with E-state index in [4.69, 9.17) is 4.74 Å². The zero-order valence-electron chi connectivity index (χ0n) is 12.8. The Hall–Kier alpha value is -2.51. The lowest BCUT2D eigenvalue weighted by molar-refractivity contribution is 0.415. The highest BCUT2D eigenvalue weighted by atomic mass is 32.1. The molecule has 0 atom stereocenters. The van der Waals surface area contributed by atoms with Gasteiger partial charge in [0.15, 0.2) is 0 Å². The molecule has 4 aromatic rings. The van der Waals surface area contributed by atoms with Gasteiger partial charge in [0.2, 0.25) is 0 Å². The number of fused-ring (bicyclic) bond motifs is 1. The summed E-state index contributed by atoms with van der Waals surface area (Å²) in [7, 11) is 1.65. The second-order valence-corrected chi connectivity index (χ2v) is 6.94.